The number of Topliss-reactive ketones (excluding diaryl/α,β-unsaturated/α-hetero) is 1. The zero-order chi connectivity index (χ0) is 18.1. The molecule has 0 atom stereocenters. The van der Waals surface area contributed by atoms with Crippen LogP contribution in [-0.2, 0) is 4.74 Å². The molecule has 0 amide bonds. The Morgan fingerprint density at radius 1 is 1.15 bits per heavy atom. The van der Waals surface area contributed by atoms with Gasteiger partial charge in [0, 0.05) is 29.9 Å². The van der Waals surface area contributed by atoms with Crippen molar-refractivity contribution in [2.24, 2.45) is 4.99 Å². The maximum atomic E-state index is 12.7. The Morgan fingerprint density at radius 2 is 1.96 bits per heavy atom. The van der Waals surface area contributed by atoms with Gasteiger partial charge in [-0.1, -0.05) is 0 Å². The van der Waals surface area contributed by atoms with Crippen molar-refractivity contribution < 1.29 is 19.4 Å². The van der Waals surface area contributed by atoms with Gasteiger partial charge in [0.1, 0.15) is 0 Å². The van der Waals surface area contributed by atoms with E-state index >= 15 is 0 Å². The van der Waals surface area contributed by atoms with Crippen molar-refractivity contribution in [3.63, 3.8) is 0 Å². The Labute approximate surface area is 151 Å². The van der Waals surface area contributed by atoms with E-state index in [0.29, 0.717) is 35.9 Å². The molecule has 0 bridgehead atoms. The molecule has 0 radical (unpaired) electrons. The maximum absolute atomic E-state index is 12.7. The van der Waals surface area contributed by atoms with Crippen LogP contribution < -0.4 is 9.64 Å². The van der Waals surface area contributed by atoms with Gasteiger partial charge >= 0.3 is 0 Å². The van der Waals surface area contributed by atoms with Gasteiger partial charge in [0.15, 0.2) is 17.3 Å². The molecule has 4 rings (SSSR count). The van der Waals surface area contributed by atoms with Gasteiger partial charge in [-0.05, 0) is 36.4 Å². The van der Waals surface area contributed by atoms with E-state index in [1.165, 1.54) is 7.11 Å². The number of hydrogen-bond donors (Lipinski definition) is 1. The zero-order valence-corrected chi connectivity index (χ0v) is 14.6. The number of ether oxygens (including phenoxy) is 2. The molecule has 2 heterocycles. The molecule has 26 heavy (non-hydrogen) atoms. The molecule has 1 saturated heterocycles. The van der Waals surface area contributed by atoms with Crippen molar-refractivity contribution in [1.82, 2.24) is 0 Å². The number of phenols is 1. The second-order valence-electron chi connectivity index (χ2n) is 6.35. The number of methoxy groups -OCH3 is 1. The van der Waals surface area contributed by atoms with Gasteiger partial charge in [-0.3, -0.25) is 9.79 Å². The minimum absolute atomic E-state index is 0.0483. The van der Waals surface area contributed by atoms with Crippen LogP contribution in [0.1, 0.15) is 22.3 Å². The number of hydrogen-bond acceptors (Lipinski definition) is 6. The Kier molecular flexibility index (Phi) is 4.34. The van der Waals surface area contributed by atoms with Gasteiger partial charge in [0.25, 0.3) is 0 Å². The summed E-state index contributed by atoms with van der Waals surface area (Å²) in [6.07, 6.45) is 0.230. The number of phenolic OH excluding ortho intramolecular Hbond substituents is 1. The zero-order valence-electron chi connectivity index (χ0n) is 14.6. The maximum Gasteiger partial charge on any atom is 0.171 e. The van der Waals surface area contributed by atoms with Crippen LogP contribution >= 0.6 is 0 Å². The van der Waals surface area contributed by atoms with Crippen LogP contribution in [0.2, 0.25) is 0 Å². The first-order valence-electron chi connectivity index (χ1n) is 8.60. The van der Waals surface area contributed by atoms with Gasteiger partial charge in [0.2, 0.25) is 0 Å². The number of fused-ring (bicyclic) bond motifs is 1. The summed E-state index contributed by atoms with van der Waals surface area (Å²) in [7, 11) is 1.50. The number of ketones is 1. The number of aromatic hydroxyl groups is 1. The molecule has 2 aromatic carbocycles. The predicted molar refractivity (Wildman–Crippen MR) is 99.3 cm³/mol. The van der Waals surface area contributed by atoms with Gasteiger partial charge in [0.05, 0.1) is 38.1 Å². The molecule has 2 aliphatic rings. The molecule has 0 unspecified atom stereocenters. The van der Waals surface area contributed by atoms with Crippen LogP contribution in [0.4, 0.5) is 11.4 Å². The highest BCUT2D eigenvalue weighted by Gasteiger charge is 2.23. The highest BCUT2D eigenvalue weighted by atomic mass is 16.5. The second-order valence-corrected chi connectivity index (χ2v) is 6.35. The Hall–Kier alpha value is -2.86. The number of morpholine rings is 1. The van der Waals surface area contributed by atoms with Gasteiger partial charge < -0.3 is 19.5 Å². The van der Waals surface area contributed by atoms with E-state index < -0.39 is 0 Å². The van der Waals surface area contributed by atoms with E-state index in [1.54, 1.807) is 18.2 Å². The molecule has 6 nitrogen and oxygen atoms in total. The van der Waals surface area contributed by atoms with Crippen molar-refractivity contribution in [2.75, 3.05) is 38.3 Å². The smallest absolute Gasteiger partial charge is 0.171 e. The van der Waals surface area contributed by atoms with Gasteiger partial charge in [-0.25, -0.2) is 0 Å². The molecule has 6 heteroatoms. The predicted octanol–water partition coefficient (Wildman–Crippen LogP) is 2.94. The van der Waals surface area contributed by atoms with E-state index in [4.69, 9.17) is 9.47 Å². The molecule has 2 aliphatic heterocycles. The first-order chi connectivity index (χ1) is 12.7. The van der Waals surface area contributed by atoms with Gasteiger partial charge in [-0.15, -0.1) is 0 Å². The molecule has 0 spiro atoms. The summed E-state index contributed by atoms with van der Waals surface area (Å²) in [5.74, 6) is 0.479. The average molecular weight is 352 g/mol. The van der Waals surface area contributed by atoms with Crippen molar-refractivity contribution in [3.05, 3.63) is 47.5 Å². The number of carbonyl (C=O) groups is 1. The van der Waals surface area contributed by atoms with E-state index in [9.17, 15) is 9.90 Å². The summed E-state index contributed by atoms with van der Waals surface area (Å²) in [4.78, 5) is 19.6. The number of anilines is 1. The van der Waals surface area contributed by atoms with Crippen molar-refractivity contribution >= 4 is 22.9 Å². The fraction of sp³-hybridized carbons (Fsp3) is 0.300. The van der Waals surface area contributed by atoms with E-state index in [-0.39, 0.29) is 18.0 Å². The average Bonchev–Trinajstić information content (AvgIpc) is 2.68. The molecule has 1 fully saturated rings. The third-order valence-corrected chi connectivity index (χ3v) is 4.75. The highest BCUT2D eigenvalue weighted by Crippen LogP contribution is 2.33. The largest absolute Gasteiger partial charge is 0.504 e. The first kappa shape index (κ1) is 16.6. The Balaban J connectivity index is 1.68. The van der Waals surface area contributed by atoms with Crippen LogP contribution in [0.25, 0.3) is 0 Å². The lowest BCUT2D eigenvalue weighted by molar-refractivity contribution is 0.1000. The fourth-order valence-electron chi connectivity index (χ4n) is 3.32. The molecule has 2 aromatic rings. The first-order valence-corrected chi connectivity index (χ1v) is 8.60. The minimum atomic E-state index is 0.0483. The standard InChI is InChI=1S/C20H20N2O4/c1-25-20-10-13(2-5-18(20)23)17-12-19(24)15-11-14(3-4-16(15)21-17)22-6-8-26-9-7-22/h2-5,10-11,23H,6-9,12H2,1H3. The van der Waals surface area contributed by atoms with Crippen LogP contribution in [0.5, 0.6) is 11.5 Å². The Morgan fingerprint density at radius 3 is 2.73 bits per heavy atom. The third-order valence-electron chi connectivity index (χ3n) is 4.75. The molecular weight excluding hydrogens is 332 g/mol. The number of carbonyl (C=O) groups excluding carboxylic acids is 1. The quantitative estimate of drug-likeness (QED) is 0.920. The molecule has 134 valence electrons. The normalized spacial score (nSPS) is 16.9. The highest BCUT2D eigenvalue weighted by molar-refractivity contribution is 6.21. The summed E-state index contributed by atoms with van der Waals surface area (Å²) >= 11 is 0. The lowest BCUT2D eigenvalue weighted by atomic mass is 9.95. The number of nitrogens with zero attached hydrogens (tertiary/aromatic N) is 2. The lowest BCUT2D eigenvalue weighted by Gasteiger charge is -2.29. The fourth-order valence-corrected chi connectivity index (χ4v) is 3.32. The molecule has 0 aliphatic carbocycles. The van der Waals surface area contributed by atoms with Crippen LogP contribution in [0, 0.1) is 0 Å². The summed E-state index contributed by atoms with van der Waals surface area (Å²) in [6, 6.07) is 10.8. The van der Waals surface area contributed by atoms with E-state index in [0.717, 1.165) is 24.3 Å². The summed E-state index contributed by atoms with van der Waals surface area (Å²) in [5, 5.41) is 9.75. The second kappa shape index (κ2) is 6.80. The number of rotatable bonds is 3. The van der Waals surface area contributed by atoms with E-state index in [2.05, 4.69) is 9.89 Å². The van der Waals surface area contributed by atoms with Crippen molar-refractivity contribution in [2.45, 2.75) is 6.42 Å². The molecule has 1 N–H and O–H groups in total. The summed E-state index contributed by atoms with van der Waals surface area (Å²) in [5.41, 5.74) is 3.82. The molecule has 0 aromatic heterocycles. The summed E-state index contributed by atoms with van der Waals surface area (Å²) in [6.45, 7) is 3.07. The lowest BCUT2D eigenvalue weighted by Crippen LogP contribution is -2.36. The monoisotopic (exact) mass is 352 g/mol. The third kappa shape index (κ3) is 3.04. The Bertz CT molecular complexity index is 885. The van der Waals surface area contributed by atoms with Crippen molar-refractivity contribution in [3.8, 4) is 11.5 Å². The number of aliphatic imine (C=N–C) groups is 1. The summed E-state index contributed by atoms with van der Waals surface area (Å²) < 4.78 is 10.5. The van der Waals surface area contributed by atoms with Crippen LogP contribution in [-0.4, -0.2) is 50.0 Å². The minimum Gasteiger partial charge on any atom is -0.504 e. The van der Waals surface area contributed by atoms with Crippen LogP contribution in [0.3, 0.4) is 0 Å². The SMILES string of the molecule is COc1cc(C2=Nc3ccc(N4CCOCC4)cc3C(=O)C2)ccc1O. The van der Waals surface area contributed by atoms with Crippen molar-refractivity contribution in [1.29, 1.82) is 0 Å². The van der Waals surface area contributed by atoms with Crippen LogP contribution in [0.15, 0.2) is 41.4 Å². The van der Waals surface area contributed by atoms with E-state index in [1.807, 2.05) is 18.2 Å². The topological polar surface area (TPSA) is 71.4 Å². The number of benzene rings is 2. The van der Waals surface area contributed by atoms with Gasteiger partial charge in [-0.2, -0.15) is 0 Å². The molecule has 0 saturated carbocycles. The molecular formula is C20H20N2O4.